The van der Waals surface area contributed by atoms with Crippen molar-refractivity contribution in [1.82, 2.24) is 9.80 Å². The Morgan fingerprint density at radius 2 is 1.35 bits per heavy atom. The molecule has 1 aliphatic heterocycles. The topological polar surface area (TPSA) is 6.48 Å². The standard InChI is InChI=1S/C21H36N2/c1-19(2)11-13-22-15-17-23(18-16-22)14-12-20(3)9-10-21-7-5-4-6-8-21/h4-8,19-20H,9-18H2,1-3H3. The average Bonchev–Trinajstić information content (AvgIpc) is 2.58. The normalized spacial score (nSPS) is 18.4. The van der Waals surface area contributed by atoms with Gasteiger partial charge in [0.25, 0.3) is 0 Å². The van der Waals surface area contributed by atoms with E-state index in [0.717, 1.165) is 11.8 Å². The van der Waals surface area contributed by atoms with E-state index in [1.165, 1.54) is 70.5 Å². The summed E-state index contributed by atoms with van der Waals surface area (Å²) in [6.07, 6.45) is 5.23. The Morgan fingerprint density at radius 1 is 0.783 bits per heavy atom. The molecule has 0 saturated carbocycles. The Bertz CT molecular complexity index is 407. The van der Waals surface area contributed by atoms with E-state index >= 15 is 0 Å². The molecule has 0 N–H and O–H groups in total. The quantitative estimate of drug-likeness (QED) is 0.670. The lowest BCUT2D eigenvalue weighted by atomic mass is 9.98. The van der Waals surface area contributed by atoms with Crippen LogP contribution in [0.25, 0.3) is 0 Å². The number of hydrogen-bond donors (Lipinski definition) is 0. The van der Waals surface area contributed by atoms with Gasteiger partial charge in [-0.25, -0.2) is 0 Å². The minimum Gasteiger partial charge on any atom is -0.301 e. The molecule has 2 heteroatoms. The molecule has 23 heavy (non-hydrogen) atoms. The van der Waals surface area contributed by atoms with Gasteiger partial charge in [0.2, 0.25) is 0 Å². The third-order valence-corrected chi connectivity index (χ3v) is 5.19. The molecule has 0 bridgehead atoms. The molecule has 0 amide bonds. The van der Waals surface area contributed by atoms with Crippen LogP contribution in [0, 0.1) is 11.8 Å². The highest BCUT2D eigenvalue weighted by Crippen LogP contribution is 2.14. The molecule has 0 aliphatic carbocycles. The van der Waals surface area contributed by atoms with Crippen molar-refractivity contribution in [3.8, 4) is 0 Å². The van der Waals surface area contributed by atoms with Gasteiger partial charge in [0.1, 0.15) is 0 Å². The number of rotatable bonds is 9. The second-order valence-corrected chi connectivity index (χ2v) is 7.78. The van der Waals surface area contributed by atoms with Crippen LogP contribution in [0.4, 0.5) is 0 Å². The molecular formula is C21H36N2. The van der Waals surface area contributed by atoms with Crippen molar-refractivity contribution in [2.24, 2.45) is 11.8 Å². The second-order valence-electron chi connectivity index (χ2n) is 7.78. The molecule has 1 aliphatic rings. The smallest absolute Gasteiger partial charge is 0.0110 e. The molecule has 1 aromatic rings. The number of benzene rings is 1. The molecule has 1 atom stereocenters. The first-order valence-corrected chi connectivity index (χ1v) is 9.62. The Hall–Kier alpha value is -0.860. The van der Waals surface area contributed by atoms with E-state index in [1.807, 2.05) is 0 Å². The molecule has 0 aromatic heterocycles. The summed E-state index contributed by atoms with van der Waals surface area (Å²) in [5, 5.41) is 0. The van der Waals surface area contributed by atoms with Gasteiger partial charge in [0.15, 0.2) is 0 Å². The highest BCUT2D eigenvalue weighted by Gasteiger charge is 2.17. The molecule has 130 valence electrons. The van der Waals surface area contributed by atoms with Crippen molar-refractivity contribution >= 4 is 0 Å². The zero-order chi connectivity index (χ0) is 16.5. The van der Waals surface area contributed by atoms with Gasteiger partial charge < -0.3 is 9.80 Å². The predicted octanol–water partition coefficient (Wildman–Crippen LogP) is 4.31. The van der Waals surface area contributed by atoms with Crippen molar-refractivity contribution in [1.29, 1.82) is 0 Å². The lowest BCUT2D eigenvalue weighted by Gasteiger charge is -2.35. The first-order chi connectivity index (χ1) is 11.1. The number of aryl methyl sites for hydroxylation is 1. The zero-order valence-corrected chi connectivity index (χ0v) is 15.5. The molecule has 2 rings (SSSR count). The van der Waals surface area contributed by atoms with Crippen molar-refractivity contribution in [3.63, 3.8) is 0 Å². The third-order valence-electron chi connectivity index (χ3n) is 5.19. The summed E-state index contributed by atoms with van der Waals surface area (Å²) in [5.41, 5.74) is 1.48. The number of piperazine rings is 1. The largest absolute Gasteiger partial charge is 0.301 e. The van der Waals surface area contributed by atoms with E-state index in [9.17, 15) is 0 Å². The van der Waals surface area contributed by atoms with Gasteiger partial charge in [-0.2, -0.15) is 0 Å². The van der Waals surface area contributed by atoms with Gasteiger partial charge in [-0.1, -0.05) is 51.1 Å². The SMILES string of the molecule is CC(C)CCN1CCN(CCC(C)CCc2ccccc2)CC1. The van der Waals surface area contributed by atoms with Crippen molar-refractivity contribution in [2.75, 3.05) is 39.3 Å². The lowest BCUT2D eigenvalue weighted by molar-refractivity contribution is 0.123. The fraction of sp³-hybridized carbons (Fsp3) is 0.714. The van der Waals surface area contributed by atoms with Crippen LogP contribution in [0.15, 0.2) is 30.3 Å². The molecule has 1 saturated heterocycles. The zero-order valence-electron chi connectivity index (χ0n) is 15.5. The Morgan fingerprint density at radius 3 is 1.91 bits per heavy atom. The molecule has 1 aromatic carbocycles. The summed E-state index contributed by atoms with van der Waals surface area (Å²) in [6.45, 7) is 14.7. The number of hydrogen-bond acceptors (Lipinski definition) is 2. The first-order valence-electron chi connectivity index (χ1n) is 9.62. The Kier molecular flexibility index (Phi) is 8.11. The van der Waals surface area contributed by atoms with E-state index in [2.05, 4.69) is 60.9 Å². The lowest BCUT2D eigenvalue weighted by Crippen LogP contribution is -2.47. The van der Waals surface area contributed by atoms with Gasteiger partial charge in [-0.3, -0.25) is 0 Å². The van der Waals surface area contributed by atoms with Crippen LogP contribution in [0.2, 0.25) is 0 Å². The maximum atomic E-state index is 2.67. The molecule has 0 spiro atoms. The van der Waals surface area contributed by atoms with Crippen LogP contribution in [-0.2, 0) is 6.42 Å². The average molecular weight is 317 g/mol. The van der Waals surface area contributed by atoms with E-state index in [4.69, 9.17) is 0 Å². The molecule has 1 heterocycles. The molecular weight excluding hydrogens is 280 g/mol. The molecule has 2 nitrogen and oxygen atoms in total. The Labute approximate surface area is 143 Å². The molecule has 1 unspecified atom stereocenters. The van der Waals surface area contributed by atoms with Crippen LogP contribution in [-0.4, -0.2) is 49.1 Å². The highest BCUT2D eigenvalue weighted by molar-refractivity contribution is 5.14. The van der Waals surface area contributed by atoms with E-state index in [1.54, 1.807) is 0 Å². The summed E-state index contributed by atoms with van der Waals surface area (Å²) >= 11 is 0. The predicted molar refractivity (Wildman–Crippen MR) is 101 cm³/mol. The second kappa shape index (κ2) is 10.1. The highest BCUT2D eigenvalue weighted by atomic mass is 15.3. The van der Waals surface area contributed by atoms with E-state index in [-0.39, 0.29) is 0 Å². The van der Waals surface area contributed by atoms with Crippen LogP contribution in [0.3, 0.4) is 0 Å². The van der Waals surface area contributed by atoms with Crippen molar-refractivity contribution in [3.05, 3.63) is 35.9 Å². The molecule has 0 radical (unpaired) electrons. The fourth-order valence-electron chi connectivity index (χ4n) is 3.28. The minimum absolute atomic E-state index is 0.828. The van der Waals surface area contributed by atoms with Crippen LogP contribution in [0.1, 0.15) is 45.6 Å². The van der Waals surface area contributed by atoms with Gasteiger partial charge in [-0.15, -0.1) is 0 Å². The van der Waals surface area contributed by atoms with Gasteiger partial charge in [0.05, 0.1) is 0 Å². The summed E-state index contributed by atoms with van der Waals surface area (Å²) in [7, 11) is 0. The van der Waals surface area contributed by atoms with Crippen LogP contribution >= 0.6 is 0 Å². The van der Waals surface area contributed by atoms with Crippen molar-refractivity contribution in [2.45, 2.75) is 46.5 Å². The third kappa shape index (κ3) is 7.50. The first kappa shape index (κ1) is 18.5. The fourth-order valence-corrected chi connectivity index (χ4v) is 3.28. The van der Waals surface area contributed by atoms with E-state index < -0.39 is 0 Å². The van der Waals surface area contributed by atoms with Gasteiger partial charge in [-0.05, 0) is 56.2 Å². The maximum absolute atomic E-state index is 2.67. The van der Waals surface area contributed by atoms with Crippen LogP contribution in [0.5, 0.6) is 0 Å². The number of nitrogens with zero attached hydrogens (tertiary/aromatic N) is 2. The van der Waals surface area contributed by atoms with Crippen molar-refractivity contribution < 1.29 is 0 Å². The van der Waals surface area contributed by atoms with Gasteiger partial charge >= 0.3 is 0 Å². The monoisotopic (exact) mass is 316 g/mol. The maximum Gasteiger partial charge on any atom is 0.0110 e. The summed E-state index contributed by atoms with van der Waals surface area (Å²) < 4.78 is 0. The Balaban J connectivity index is 1.56. The van der Waals surface area contributed by atoms with E-state index in [0.29, 0.717) is 0 Å². The van der Waals surface area contributed by atoms with Gasteiger partial charge in [0, 0.05) is 26.2 Å². The molecule has 1 fully saturated rings. The summed E-state index contributed by atoms with van der Waals surface area (Å²) in [6, 6.07) is 10.9. The summed E-state index contributed by atoms with van der Waals surface area (Å²) in [4.78, 5) is 5.32. The minimum atomic E-state index is 0.828. The van der Waals surface area contributed by atoms with Crippen LogP contribution < -0.4 is 0 Å². The summed E-state index contributed by atoms with van der Waals surface area (Å²) in [5.74, 6) is 1.66.